The van der Waals surface area contributed by atoms with Gasteiger partial charge in [-0.2, -0.15) is 0 Å². The molecule has 132 valence electrons. The summed E-state index contributed by atoms with van der Waals surface area (Å²) >= 11 is 0. The summed E-state index contributed by atoms with van der Waals surface area (Å²) in [6.45, 7) is 7.87. The summed E-state index contributed by atoms with van der Waals surface area (Å²) in [6.07, 6.45) is 0.960. The SMILES string of the molecule is CC(C)CCN1C(=[N+]2CCOCC2)N=C2C1C(=O)N(C)C(=O)N2C. The molecule has 1 unspecified atom stereocenters. The van der Waals surface area contributed by atoms with Crippen LogP contribution in [0.15, 0.2) is 4.99 Å². The molecular weight excluding hydrogens is 310 g/mol. The van der Waals surface area contributed by atoms with Crippen LogP contribution in [0.4, 0.5) is 4.79 Å². The third-order valence-corrected chi connectivity index (χ3v) is 4.75. The third kappa shape index (κ3) is 2.79. The number of likely N-dealkylation sites (N-methyl/N-ethyl adjacent to an activating group) is 2. The van der Waals surface area contributed by atoms with Crippen LogP contribution in [0.25, 0.3) is 0 Å². The molecule has 0 aromatic carbocycles. The number of carbonyl (C=O) groups excluding carboxylic acids is 2. The van der Waals surface area contributed by atoms with Crippen molar-refractivity contribution in [1.82, 2.24) is 14.7 Å². The number of ether oxygens (including phenoxy) is 1. The summed E-state index contributed by atoms with van der Waals surface area (Å²) in [6, 6.07) is -0.837. The average Bonchev–Trinajstić information content (AvgIpc) is 2.96. The second-order valence-corrected chi connectivity index (χ2v) is 6.89. The Bertz CT molecular complexity index is 605. The fourth-order valence-corrected chi connectivity index (χ4v) is 3.23. The number of nitrogens with zero attached hydrogens (tertiary/aromatic N) is 5. The summed E-state index contributed by atoms with van der Waals surface area (Å²) in [4.78, 5) is 34.4. The van der Waals surface area contributed by atoms with Crippen molar-refractivity contribution in [2.24, 2.45) is 10.9 Å². The Morgan fingerprint density at radius 3 is 2.50 bits per heavy atom. The molecule has 3 heterocycles. The molecule has 2 saturated heterocycles. The number of fused-ring (bicyclic) bond motifs is 1. The Morgan fingerprint density at radius 1 is 1.21 bits per heavy atom. The first kappa shape index (κ1) is 16.9. The van der Waals surface area contributed by atoms with E-state index in [1.807, 2.05) is 0 Å². The highest BCUT2D eigenvalue weighted by Crippen LogP contribution is 2.24. The van der Waals surface area contributed by atoms with Crippen LogP contribution >= 0.6 is 0 Å². The topological polar surface area (TPSA) is 68.5 Å². The van der Waals surface area contributed by atoms with Gasteiger partial charge in [-0.05, 0) is 12.3 Å². The van der Waals surface area contributed by atoms with Gasteiger partial charge >= 0.3 is 12.0 Å². The van der Waals surface area contributed by atoms with Gasteiger partial charge in [0.1, 0.15) is 0 Å². The number of morpholine rings is 1. The largest absolute Gasteiger partial charge is 0.392 e. The van der Waals surface area contributed by atoms with E-state index in [-0.39, 0.29) is 11.9 Å². The fourth-order valence-electron chi connectivity index (χ4n) is 3.23. The van der Waals surface area contributed by atoms with Crippen molar-refractivity contribution in [3.8, 4) is 0 Å². The van der Waals surface area contributed by atoms with Gasteiger partial charge in [-0.15, -0.1) is 0 Å². The van der Waals surface area contributed by atoms with Crippen LogP contribution in [0, 0.1) is 5.92 Å². The average molecular weight is 336 g/mol. The lowest BCUT2D eigenvalue weighted by Crippen LogP contribution is -2.63. The summed E-state index contributed by atoms with van der Waals surface area (Å²) < 4.78 is 7.58. The van der Waals surface area contributed by atoms with Crippen molar-refractivity contribution in [1.29, 1.82) is 0 Å². The van der Waals surface area contributed by atoms with Crippen molar-refractivity contribution in [3.63, 3.8) is 0 Å². The number of urea groups is 1. The number of guanidine groups is 1. The number of hydrogen-bond acceptors (Lipinski definition) is 3. The van der Waals surface area contributed by atoms with Gasteiger partial charge in [-0.25, -0.2) is 9.69 Å². The number of amides is 3. The van der Waals surface area contributed by atoms with E-state index in [9.17, 15) is 9.59 Å². The van der Waals surface area contributed by atoms with Gasteiger partial charge in [-0.1, -0.05) is 18.8 Å². The van der Waals surface area contributed by atoms with Gasteiger partial charge in [-0.3, -0.25) is 19.2 Å². The van der Waals surface area contributed by atoms with Crippen molar-refractivity contribution in [2.75, 3.05) is 46.9 Å². The molecule has 0 saturated carbocycles. The molecule has 3 amide bonds. The minimum Gasteiger partial charge on any atom is -0.375 e. The molecule has 8 heteroatoms. The maximum atomic E-state index is 12.7. The van der Waals surface area contributed by atoms with Crippen LogP contribution in [0.1, 0.15) is 20.3 Å². The number of aliphatic imine (C=N–C) groups is 1. The van der Waals surface area contributed by atoms with Gasteiger partial charge in [0.2, 0.25) is 11.9 Å². The zero-order valence-corrected chi connectivity index (χ0v) is 14.9. The molecule has 24 heavy (non-hydrogen) atoms. The Kier molecular flexibility index (Phi) is 4.58. The highest BCUT2D eigenvalue weighted by Gasteiger charge is 2.55. The summed E-state index contributed by atoms with van der Waals surface area (Å²) in [5.74, 6) is 1.65. The number of hydrogen-bond donors (Lipinski definition) is 0. The number of amidine groups is 1. The Labute approximate surface area is 142 Å². The molecular formula is C16H26N5O3+. The molecule has 3 aliphatic heterocycles. The molecule has 2 fully saturated rings. The van der Waals surface area contributed by atoms with E-state index in [0.29, 0.717) is 25.0 Å². The van der Waals surface area contributed by atoms with E-state index >= 15 is 0 Å². The third-order valence-electron chi connectivity index (χ3n) is 4.75. The Hall–Kier alpha value is -1.96. The number of rotatable bonds is 3. The van der Waals surface area contributed by atoms with Crippen LogP contribution in [-0.4, -0.2) is 96.0 Å². The van der Waals surface area contributed by atoms with Crippen molar-refractivity contribution in [2.45, 2.75) is 26.3 Å². The van der Waals surface area contributed by atoms with Crippen molar-refractivity contribution in [3.05, 3.63) is 0 Å². The van der Waals surface area contributed by atoms with Crippen molar-refractivity contribution < 1.29 is 18.9 Å². The lowest BCUT2D eigenvalue weighted by atomic mass is 10.1. The van der Waals surface area contributed by atoms with E-state index in [0.717, 1.165) is 32.0 Å². The van der Waals surface area contributed by atoms with Crippen LogP contribution in [-0.2, 0) is 9.53 Å². The summed E-state index contributed by atoms with van der Waals surface area (Å²) in [7, 11) is 3.21. The summed E-state index contributed by atoms with van der Waals surface area (Å²) in [5.41, 5.74) is 0. The Morgan fingerprint density at radius 2 is 1.88 bits per heavy atom. The zero-order valence-electron chi connectivity index (χ0n) is 14.9. The summed E-state index contributed by atoms with van der Waals surface area (Å²) in [5, 5.41) is 0. The molecule has 0 spiro atoms. The predicted molar refractivity (Wildman–Crippen MR) is 89.1 cm³/mol. The molecule has 1 atom stereocenters. The first-order valence-corrected chi connectivity index (χ1v) is 8.52. The molecule has 0 bridgehead atoms. The highest BCUT2D eigenvalue weighted by molar-refractivity contribution is 6.25. The van der Waals surface area contributed by atoms with E-state index in [1.165, 1.54) is 16.8 Å². The minimum atomic E-state index is -0.505. The second kappa shape index (κ2) is 6.51. The van der Waals surface area contributed by atoms with Gasteiger partial charge in [0.25, 0.3) is 5.91 Å². The molecule has 3 rings (SSSR count). The highest BCUT2D eigenvalue weighted by atomic mass is 16.5. The molecule has 0 radical (unpaired) electrons. The minimum absolute atomic E-state index is 0.205. The quantitative estimate of drug-likeness (QED) is 0.683. The Balaban J connectivity index is 1.99. The van der Waals surface area contributed by atoms with Gasteiger partial charge in [0.05, 0.1) is 32.8 Å². The van der Waals surface area contributed by atoms with Gasteiger partial charge < -0.3 is 4.74 Å². The van der Waals surface area contributed by atoms with Gasteiger partial charge in [0.15, 0.2) is 0 Å². The van der Waals surface area contributed by atoms with Crippen LogP contribution in [0.2, 0.25) is 0 Å². The van der Waals surface area contributed by atoms with Gasteiger partial charge in [0, 0.05) is 14.1 Å². The lowest BCUT2D eigenvalue weighted by molar-refractivity contribution is -0.554. The predicted octanol–water partition coefficient (Wildman–Crippen LogP) is 0.0377. The monoisotopic (exact) mass is 336 g/mol. The fraction of sp³-hybridized carbons (Fsp3) is 0.750. The van der Waals surface area contributed by atoms with Crippen molar-refractivity contribution >= 4 is 23.7 Å². The second-order valence-electron chi connectivity index (χ2n) is 6.89. The van der Waals surface area contributed by atoms with E-state index in [1.54, 1.807) is 7.05 Å². The smallest absolute Gasteiger partial charge is 0.375 e. The standard InChI is InChI=1S/C16H26N5O3/c1-11(2)5-6-21-12-13(18(3)16(23)19(4)14(12)22)17-15(21)20-7-9-24-10-8-20/h11-12H,5-10H2,1-4H3/q+1. The maximum Gasteiger partial charge on any atom is 0.392 e. The molecule has 8 nitrogen and oxygen atoms in total. The van der Waals surface area contributed by atoms with Crippen LogP contribution < -0.4 is 0 Å². The van der Waals surface area contributed by atoms with E-state index < -0.39 is 6.04 Å². The molecule has 3 aliphatic rings. The molecule has 0 aromatic rings. The van der Waals surface area contributed by atoms with E-state index in [2.05, 4.69) is 23.3 Å². The maximum absolute atomic E-state index is 12.7. The molecule has 0 N–H and O–H groups in total. The van der Waals surface area contributed by atoms with Crippen LogP contribution in [0.3, 0.4) is 0 Å². The first-order chi connectivity index (χ1) is 11.4. The lowest BCUT2D eigenvalue weighted by Gasteiger charge is -2.33. The first-order valence-electron chi connectivity index (χ1n) is 8.52. The molecule has 0 aliphatic carbocycles. The number of imide groups is 1. The van der Waals surface area contributed by atoms with E-state index in [4.69, 9.17) is 9.73 Å². The van der Waals surface area contributed by atoms with Crippen LogP contribution in [0.5, 0.6) is 0 Å². The molecule has 0 aromatic heterocycles. The normalized spacial score (nSPS) is 25.0. The number of carbonyl (C=O) groups is 2. The zero-order chi connectivity index (χ0) is 17.4.